The average Bonchev–Trinajstić information content (AvgIpc) is 2.52. The first-order chi connectivity index (χ1) is 9.72. The number of ether oxygens (including phenoxy) is 2. The third-order valence-corrected chi connectivity index (χ3v) is 2.94. The van der Waals surface area contributed by atoms with Gasteiger partial charge < -0.3 is 14.7 Å². The maximum Gasteiger partial charge on any atom is 0.120 e. The molecule has 0 amide bonds. The van der Waals surface area contributed by atoms with Crippen LogP contribution in [0.5, 0.6) is 11.5 Å². The van der Waals surface area contributed by atoms with Gasteiger partial charge in [-0.3, -0.25) is 0 Å². The highest BCUT2D eigenvalue weighted by Gasteiger charge is 2.02. The van der Waals surface area contributed by atoms with E-state index >= 15 is 0 Å². The zero-order valence-corrected chi connectivity index (χ0v) is 11.5. The predicted molar refractivity (Wildman–Crippen MR) is 77.8 cm³/mol. The monoisotopic (exact) mass is 271 g/mol. The fourth-order valence-corrected chi connectivity index (χ4v) is 1.80. The molecule has 0 radical (unpaired) electrons. The fourth-order valence-electron chi connectivity index (χ4n) is 1.80. The van der Waals surface area contributed by atoms with Crippen LogP contribution in [0.4, 0.5) is 0 Å². The van der Waals surface area contributed by atoms with E-state index in [2.05, 4.69) is 5.16 Å². The van der Waals surface area contributed by atoms with Crippen LogP contribution in [0.3, 0.4) is 0 Å². The van der Waals surface area contributed by atoms with Gasteiger partial charge in [0, 0.05) is 5.56 Å². The molecule has 0 saturated heterocycles. The third kappa shape index (κ3) is 3.51. The van der Waals surface area contributed by atoms with E-state index in [0.29, 0.717) is 12.3 Å². The number of nitrogens with zero attached hydrogens (tertiary/aromatic N) is 1. The summed E-state index contributed by atoms with van der Waals surface area (Å²) in [6.07, 6.45) is 0. The van der Waals surface area contributed by atoms with E-state index in [1.165, 1.54) is 0 Å². The van der Waals surface area contributed by atoms with Gasteiger partial charge in [-0.1, -0.05) is 29.4 Å². The SMILES string of the molecule is COc1cccc(COc2cccc(/C(C)=N/O)c2)c1. The first kappa shape index (κ1) is 13.9. The second-order valence-corrected chi connectivity index (χ2v) is 4.35. The summed E-state index contributed by atoms with van der Waals surface area (Å²) in [5.41, 5.74) is 2.41. The average molecular weight is 271 g/mol. The van der Waals surface area contributed by atoms with Crippen molar-refractivity contribution in [1.82, 2.24) is 0 Å². The molecule has 1 N–H and O–H groups in total. The molecule has 0 unspecified atom stereocenters. The van der Waals surface area contributed by atoms with E-state index in [1.807, 2.05) is 48.5 Å². The molecular formula is C16H17NO3. The molecule has 0 aliphatic carbocycles. The van der Waals surface area contributed by atoms with Crippen molar-refractivity contribution in [3.63, 3.8) is 0 Å². The van der Waals surface area contributed by atoms with Gasteiger partial charge >= 0.3 is 0 Å². The summed E-state index contributed by atoms with van der Waals surface area (Å²) in [5, 5.41) is 12.0. The van der Waals surface area contributed by atoms with Gasteiger partial charge in [0.2, 0.25) is 0 Å². The third-order valence-electron chi connectivity index (χ3n) is 2.94. The fraction of sp³-hybridized carbons (Fsp3) is 0.188. The number of hydrogen-bond acceptors (Lipinski definition) is 4. The van der Waals surface area contributed by atoms with Crippen LogP contribution in [0.1, 0.15) is 18.1 Å². The Hall–Kier alpha value is -2.49. The summed E-state index contributed by atoms with van der Waals surface area (Å²) in [7, 11) is 1.64. The van der Waals surface area contributed by atoms with Crippen LogP contribution in [0.25, 0.3) is 0 Å². The van der Waals surface area contributed by atoms with Crippen LogP contribution in [0.15, 0.2) is 53.7 Å². The number of oxime groups is 1. The quantitative estimate of drug-likeness (QED) is 0.514. The molecule has 20 heavy (non-hydrogen) atoms. The Bertz CT molecular complexity index is 608. The normalized spacial score (nSPS) is 11.2. The Morgan fingerprint density at radius 3 is 2.60 bits per heavy atom. The lowest BCUT2D eigenvalue weighted by molar-refractivity contribution is 0.305. The molecule has 0 atom stereocenters. The van der Waals surface area contributed by atoms with Crippen molar-refractivity contribution < 1.29 is 14.7 Å². The number of rotatable bonds is 5. The van der Waals surface area contributed by atoms with E-state index in [0.717, 1.165) is 22.6 Å². The Morgan fingerprint density at radius 2 is 1.85 bits per heavy atom. The number of benzene rings is 2. The van der Waals surface area contributed by atoms with E-state index < -0.39 is 0 Å². The van der Waals surface area contributed by atoms with Gasteiger partial charge in [-0.05, 0) is 36.8 Å². The highest BCUT2D eigenvalue weighted by molar-refractivity contribution is 5.98. The molecule has 0 saturated carbocycles. The first-order valence-electron chi connectivity index (χ1n) is 6.28. The minimum atomic E-state index is 0.454. The maximum atomic E-state index is 8.78. The molecule has 0 spiro atoms. The van der Waals surface area contributed by atoms with Crippen molar-refractivity contribution in [3.8, 4) is 11.5 Å². The van der Waals surface area contributed by atoms with Crippen molar-refractivity contribution in [3.05, 3.63) is 59.7 Å². The van der Waals surface area contributed by atoms with Gasteiger partial charge in [0.05, 0.1) is 12.8 Å². The van der Waals surface area contributed by atoms with Crippen molar-refractivity contribution in [1.29, 1.82) is 0 Å². The van der Waals surface area contributed by atoms with Crippen LogP contribution in [-0.2, 0) is 6.61 Å². The molecule has 4 nitrogen and oxygen atoms in total. The molecule has 0 aromatic heterocycles. The molecule has 0 aliphatic rings. The molecule has 2 aromatic carbocycles. The van der Waals surface area contributed by atoms with E-state index in [-0.39, 0.29) is 0 Å². The Morgan fingerprint density at radius 1 is 1.10 bits per heavy atom. The smallest absolute Gasteiger partial charge is 0.120 e. The second-order valence-electron chi connectivity index (χ2n) is 4.35. The van der Waals surface area contributed by atoms with Crippen LogP contribution < -0.4 is 9.47 Å². The van der Waals surface area contributed by atoms with Gasteiger partial charge in [-0.2, -0.15) is 0 Å². The molecule has 0 fully saturated rings. The van der Waals surface area contributed by atoms with E-state index in [9.17, 15) is 0 Å². The highest BCUT2D eigenvalue weighted by atomic mass is 16.5. The molecule has 2 aromatic rings. The Balaban J connectivity index is 2.07. The van der Waals surface area contributed by atoms with Gasteiger partial charge in [0.15, 0.2) is 0 Å². The molecule has 0 bridgehead atoms. The first-order valence-corrected chi connectivity index (χ1v) is 6.28. The lowest BCUT2D eigenvalue weighted by Crippen LogP contribution is -1.98. The van der Waals surface area contributed by atoms with Gasteiger partial charge in [-0.25, -0.2) is 0 Å². The van der Waals surface area contributed by atoms with Crippen LogP contribution in [0, 0.1) is 0 Å². The van der Waals surface area contributed by atoms with Crippen molar-refractivity contribution in [2.24, 2.45) is 5.16 Å². The van der Waals surface area contributed by atoms with Crippen LogP contribution in [-0.4, -0.2) is 18.0 Å². The van der Waals surface area contributed by atoms with Gasteiger partial charge in [-0.15, -0.1) is 0 Å². The molecule has 104 valence electrons. The topological polar surface area (TPSA) is 51.0 Å². The minimum absolute atomic E-state index is 0.454. The van der Waals surface area contributed by atoms with E-state index in [1.54, 1.807) is 14.0 Å². The lowest BCUT2D eigenvalue weighted by atomic mass is 10.1. The molecule has 2 rings (SSSR count). The van der Waals surface area contributed by atoms with Gasteiger partial charge in [0.25, 0.3) is 0 Å². The maximum absolute atomic E-state index is 8.78. The summed E-state index contributed by atoms with van der Waals surface area (Å²) < 4.78 is 10.9. The van der Waals surface area contributed by atoms with Crippen LogP contribution >= 0.6 is 0 Å². The predicted octanol–water partition coefficient (Wildman–Crippen LogP) is 3.47. The Labute approximate surface area is 118 Å². The van der Waals surface area contributed by atoms with E-state index in [4.69, 9.17) is 14.7 Å². The second kappa shape index (κ2) is 6.61. The van der Waals surface area contributed by atoms with Crippen molar-refractivity contribution >= 4 is 5.71 Å². The van der Waals surface area contributed by atoms with Crippen LogP contribution in [0.2, 0.25) is 0 Å². The summed E-state index contributed by atoms with van der Waals surface area (Å²) >= 11 is 0. The summed E-state index contributed by atoms with van der Waals surface area (Å²) in [4.78, 5) is 0. The van der Waals surface area contributed by atoms with Crippen molar-refractivity contribution in [2.75, 3.05) is 7.11 Å². The summed E-state index contributed by atoms with van der Waals surface area (Å²) in [6, 6.07) is 15.2. The lowest BCUT2D eigenvalue weighted by Gasteiger charge is -2.09. The summed E-state index contributed by atoms with van der Waals surface area (Å²) in [6.45, 7) is 2.19. The molecular weight excluding hydrogens is 254 g/mol. The number of methoxy groups -OCH3 is 1. The molecule has 0 aliphatic heterocycles. The zero-order chi connectivity index (χ0) is 14.4. The molecule has 4 heteroatoms. The zero-order valence-electron chi connectivity index (χ0n) is 11.5. The Kier molecular flexibility index (Phi) is 4.60. The largest absolute Gasteiger partial charge is 0.497 e. The van der Waals surface area contributed by atoms with Gasteiger partial charge in [0.1, 0.15) is 18.1 Å². The van der Waals surface area contributed by atoms with Crippen molar-refractivity contribution in [2.45, 2.75) is 13.5 Å². The molecule has 0 heterocycles. The minimum Gasteiger partial charge on any atom is -0.497 e. The standard InChI is InChI=1S/C16H17NO3/c1-12(17-18)14-6-4-8-16(10-14)20-11-13-5-3-7-15(9-13)19-2/h3-10,18H,11H2,1-2H3/b17-12+. The summed E-state index contributed by atoms with van der Waals surface area (Å²) in [5.74, 6) is 1.54. The highest BCUT2D eigenvalue weighted by Crippen LogP contribution is 2.18. The number of hydrogen-bond donors (Lipinski definition) is 1.